The van der Waals surface area contributed by atoms with Gasteiger partial charge in [-0.25, -0.2) is 4.79 Å². The summed E-state index contributed by atoms with van der Waals surface area (Å²) in [5.74, 6) is -1.29. The van der Waals surface area contributed by atoms with Crippen LogP contribution in [0.2, 0.25) is 0 Å². The predicted octanol–water partition coefficient (Wildman–Crippen LogP) is -4.93. The fourth-order valence-corrected chi connectivity index (χ4v) is 3.44. The molecule has 11 heteroatoms. The van der Waals surface area contributed by atoms with Gasteiger partial charge in [-0.15, -0.1) is 0 Å². The summed E-state index contributed by atoms with van der Waals surface area (Å²) >= 11 is 0. The number of carbonyl (C=O) groups is 2. The van der Waals surface area contributed by atoms with E-state index in [1.54, 1.807) is 25.3 Å². The van der Waals surface area contributed by atoms with Crippen molar-refractivity contribution in [2.75, 3.05) is 12.4 Å². The molecule has 1 aromatic heterocycles. The molecule has 0 fully saturated rings. The van der Waals surface area contributed by atoms with E-state index in [9.17, 15) is 24.6 Å². The van der Waals surface area contributed by atoms with E-state index in [1.807, 2.05) is 30.3 Å². The second-order valence-corrected chi connectivity index (χ2v) is 7.43. The van der Waals surface area contributed by atoms with Gasteiger partial charge in [0.25, 0.3) is 5.56 Å². The van der Waals surface area contributed by atoms with Gasteiger partial charge in [-0.05, 0) is 22.8 Å². The molecule has 1 atom stereocenters. The van der Waals surface area contributed by atoms with Crippen molar-refractivity contribution < 1.29 is 83.7 Å². The first-order valence-electron chi connectivity index (χ1n) is 10.1. The molecule has 3 aromatic rings. The summed E-state index contributed by atoms with van der Waals surface area (Å²) in [5.41, 5.74) is 1.26. The van der Waals surface area contributed by atoms with Gasteiger partial charge in [0.15, 0.2) is 0 Å². The van der Waals surface area contributed by atoms with Gasteiger partial charge >= 0.3 is 65.1 Å². The quantitative estimate of drug-likeness (QED) is 0.301. The van der Waals surface area contributed by atoms with Crippen LogP contribution >= 0.6 is 0 Å². The van der Waals surface area contributed by atoms with Crippen LogP contribution < -0.4 is 90.3 Å². The normalized spacial score (nSPS) is 10.8. The summed E-state index contributed by atoms with van der Waals surface area (Å²) in [6.45, 7) is 0. The maximum Gasteiger partial charge on any atom is 1.00 e. The van der Waals surface area contributed by atoms with Crippen LogP contribution in [0, 0.1) is 0 Å². The Balaban J connectivity index is 0.00000306. The number of benzene rings is 2. The van der Waals surface area contributed by atoms with E-state index in [4.69, 9.17) is 4.74 Å². The minimum atomic E-state index is -1.37. The topological polar surface area (TPSA) is 136 Å². The first kappa shape index (κ1) is 30.8. The molecule has 0 saturated heterocycles. The molecule has 9 nitrogen and oxygen atoms in total. The molecule has 172 valence electrons. The van der Waals surface area contributed by atoms with Crippen LogP contribution in [0.15, 0.2) is 65.6 Å². The molecule has 0 spiro atoms. The molecule has 0 unspecified atom stereocenters. The second kappa shape index (κ2) is 14.3. The maximum absolute atomic E-state index is 12.5. The van der Waals surface area contributed by atoms with Crippen molar-refractivity contribution in [1.82, 2.24) is 9.88 Å². The number of aryl methyl sites for hydroxylation is 1. The number of nitrogens with one attached hydrogen (secondary N) is 2. The van der Waals surface area contributed by atoms with Crippen molar-refractivity contribution >= 4 is 17.7 Å². The largest absolute Gasteiger partial charge is 1.00 e. The van der Waals surface area contributed by atoms with Crippen LogP contribution in [0.25, 0.3) is 0 Å². The van der Waals surface area contributed by atoms with Crippen LogP contribution in [0.3, 0.4) is 0 Å². The number of carboxylic acids is 1. The van der Waals surface area contributed by atoms with Crippen molar-refractivity contribution in [2.24, 2.45) is 7.05 Å². The summed E-state index contributed by atoms with van der Waals surface area (Å²) in [4.78, 5) is 36.0. The third kappa shape index (κ3) is 8.42. The van der Waals surface area contributed by atoms with Crippen LogP contribution in [-0.4, -0.2) is 23.7 Å². The van der Waals surface area contributed by atoms with Crippen LogP contribution in [0.4, 0.5) is 10.5 Å². The van der Waals surface area contributed by atoms with Gasteiger partial charge in [-0.1, -0.05) is 54.3 Å². The maximum atomic E-state index is 12.5. The number of carbonyl (C=O) groups excluding carboxylic acids is 2. The molecule has 2 amide bonds. The molecule has 0 aliphatic carbocycles. The fourth-order valence-electron chi connectivity index (χ4n) is 3.44. The first-order chi connectivity index (χ1) is 15.8. The average molecular weight is 495 g/mol. The average Bonchev–Trinajstić information content (AvgIpc) is 2.79. The smallest absolute Gasteiger partial charge is 0.871 e. The minimum Gasteiger partial charge on any atom is -0.871 e. The van der Waals surface area contributed by atoms with E-state index in [2.05, 4.69) is 10.6 Å². The Hall–Kier alpha value is -2.27. The monoisotopic (exact) mass is 495 g/mol. The van der Waals surface area contributed by atoms with Gasteiger partial charge in [0.1, 0.15) is 11.4 Å². The number of ether oxygens (including phenoxy) is 1. The van der Waals surface area contributed by atoms with E-state index in [1.165, 1.54) is 13.2 Å². The van der Waals surface area contributed by atoms with Gasteiger partial charge in [-0.2, -0.15) is 0 Å². The first-order valence-corrected chi connectivity index (χ1v) is 10.1. The van der Waals surface area contributed by atoms with E-state index in [0.717, 1.165) is 27.5 Å². The number of carboxylic acid groups (broad SMARTS) is 1. The fraction of sp³-hybridized carbons (Fsp3) is 0.208. The van der Waals surface area contributed by atoms with E-state index in [0.29, 0.717) is 12.0 Å². The zero-order chi connectivity index (χ0) is 24.0. The zero-order valence-electron chi connectivity index (χ0n) is 20.2. The number of para-hydroxylation sites is 1. The Kier molecular flexibility index (Phi) is 12.6. The van der Waals surface area contributed by atoms with Gasteiger partial charge in [-0.3, -0.25) is 4.79 Å². The molecule has 1 heterocycles. The molecule has 2 N–H and O–H groups in total. The molecule has 0 aliphatic heterocycles. The minimum absolute atomic E-state index is 0. The number of nitrogens with zero attached hydrogens (tertiary/aromatic N) is 1. The Morgan fingerprint density at radius 3 is 2.49 bits per heavy atom. The van der Waals surface area contributed by atoms with Crippen molar-refractivity contribution in [3.05, 3.63) is 87.8 Å². The summed E-state index contributed by atoms with van der Waals surface area (Å²) in [6.07, 6.45) is 1.32. The number of aromatic nitrogens is 1. The van der Waals surface area contributed by atoms with E-state index < -0.39 is 41.5 Å². The molecule has 0 aliphatic rings. The number of hydrogen-bond donors (Lipinski definition) is 2. The summed E-state index contributed by atoms with van der Waals surface area (Å²) in [6, 6.07) is 14.0. The summed E-state index contributed by atoms with van der Waals surface area (Å²) < 4.78 is 6.53. The van der Waals surface area contributed by atoms with Crippen molar-refractivity contribution in [2.45, 2.75) is 18.9 Å². The number of methoxy groups -OCH3 is 1. The predicted molar refractivity (Wildman–Crippen MR) is 118 cm³/mol. The number of urea groups is 1. The number of hydrogen-bond acceptors (Lipinski definition) is 6. The Morgan fingerprint density at radius 1 is 1.09 bits per heavy atom. The van der Waals surface area contributed by atoms with Crippen molar-refractivity contribution in [3.8, 4) is 11.5 Å². The van der Waals surface area contributed by atoms with Crippen LogP contribution in [-0.2, 0) is 18.3 Å². The number of aliphatic carboxylic acids is 1. The molecule has 35 heavy (non-hydrogen) atoms. The SMILES string of the molecule is COc1ccccc1Cc1cccc([C@H](CC(=O)[O-])NC(=O)Nc2c([O-])ccn(C)c2=O)c1.[Na+].[Na+]. The molecular formula is C24H23N3Na2O6. The van der Waals surface area contributed by atoms with E-state index in [-0.39, 0.29) is 59.1 Å². The number of anilines is 1. The zero-order valence-corrected chi connectivity index (χ0v) is 24.2. The number of pyridine rings is 1. The van der Waals surface area contributed by atoms with Crippen molar-refractivity contribution in [3.63, 3.8) is 0 Å². The Morgan fingerprint density at radius 2 is 1.80 bits per heavy atom. The van der Waals surface area contributed by atoms with Crippen molar-refractivity contribution in [1.29, 1.82) is 0 Å². The van der Waals surface area contributed by atoms with Crippen LogP contribution in [0.5, 0.6) is 11.5 Å². The second-order valence-electron chi connectivity index (χ2n) is 7.43. The Labute approximate surface area is 247 Å². The van der Waals surface area contributed by atoms with Gasteiger partial charge < -0.3 is 34.9 Å². The number of rotatable bonds is 8. The molecular weight excluding hydrogens is 472 g/mol. The van der Waals surface area contributed by atoms with Crippen LogP contribution in [0.1, 0.15) is 29.2 Å². The summed E-state index contributed by atoms with van der Waals surface area (Å²) in [7, 11) is 3.03. The number of amides is 2. The third-order valence-electron chi connectivity index (χ3n) is 5.09. The molecule has 0 bridgehead atoms. The van der Waals surface area contributed by atoms with Gasteiger partial charge in [0.05, 0.1) is 13.2 Å². The molecule has 2 aromatic carbocycles. The van der Waals surface area contributed by atoms with Gasteiger partial charge in [0, 0.05) is 32.1 Å². The third-order valence-corrected chi connectivity index (χ3v) is 5.09. The van der Waals surface area contributed by atoms with Gasteiger partial charge in [0.2, 0.25) is 0 Å². The molecule has 3 rings (SSSR count). The standard InChI is InChI=1S/C24H25N3O6.2Na/c1-27-11-10-19(28)22(23(27)31)26-24(32)25-18(14-21(29)30)16-8-5-6-15(12-16)13-17-7-3-4-9-20(17)33-2;;/h3-12,18,28H,13-14H2,1-2H3,(H,29,30)(H2,25,26,32);;/q;2*+1/p-2/t18-;;/m0../s1. The molecule has 0 saturated carbocycles. The summed E-state index contributed by atoms with van der Waals surface area (Å²) in [5, 5.41) is 28.0. The van der Waals surface area contributed by atoms with E-state index >= 15 is 0 Å². The molecule has 0 radical (unpaired) electrons. The Bertz CT molecular complexity index is 1230.